The topological polar surface area (TPSA) is 47.6 Å². The maximum atomic E-state index is 12.1. The molecule has 4 nitrogen and oxygen atoms in total. The number of amides is 1. The van der Waals surface area contributed by atoms with Crippen LogP contribution in [0, 0.1) is 0 Å². The molecular weight excluding hydrogens is 290 g/mol. The van der Waals surface area contributed by atoms with Crippen molar-refractivity contribution < 1.29 is 14.3 Å². The van der Waals surface area contributed by atoms with Gasteiger partial charge < -0.3 is 14.8 Å². The van der Waals surface area contributed by atoms with E-state index in [-0.39, 0.29) is 5.91 Å². The molecule has 0 radical (unpaired) electrons. The van der Waals surface area contributed by atoms with Gasteiger partial charge in [-0.1, -0.05) is 25.1 Å². The van der Waals surface area contributed by atoms with Gasteiger partial charge in [-0.3, -0.25) is 4.79 Å². The molecule has 1 aliphatic heterocycles. The van der Waals surface area contributed by atoms with Crippen molar-refractivity contribution in [1.29, 1.82) is 0 Å². The molecular formula is C19H21NO3. The van der Waals surface area contributed by atoms with E-state index in [0.717, 1.165) is 29.2 Å². The number of rotatable bonds is 5. The SMILES string of the molecule is CCc1ccc(NC(=O)CCc2ccc3c(c2)OCCO3)cc1. The van der Waals surface area contributed by atoms with Crippen LogP contribution in [-0.2, 0) is 17.6 Å². The molecule has 1 aliphatic rings. The fraction of sp³-hybridized carbons (Fsp3) is 0.316. The Balaban J connectivity index is 1.54. The number of nitrogens with one attached hydrogen (secondary N) is 1. The molecule has 0 saturated carbocycles. The van der Waals surface area contributed by atoms with Gasteiger partial charge in [0, 0.05) is 12.1 Å². The Morgan fingerprint density at radius 2 is 1.70 bits per heavy atom. The smallest absolute Gasteiger partial charge is 0.224 e. The minimum atomic E-state index is 0.0177. The molecule has 0 unspecified atom stereocenters. The van der Waals surface area contributed by atoms with Crippen LogP contribution < -0.4 is 14.8 Å². The van der Waals surface area contributed by atoms with Gasteiger partial charge in [0.15, 0.2) is 11.5 Å². The Kier molecular flexibility index (Phi) is 4.81. The number of ether oxygens (including phenoxy) is 2. The molecule has 0 aromatic heterocycles. The lowest BCUT2D eigenvalue weighted by Crippen LogP contribution is -2.15. The summed E-state index contributed by atoms with van der Waals surface area (Å²) < 4.78 is 11.1. The van der Waals surface area contributed by atoms with Crippen molar-refractivity contribution in [2.45, 2.75) is 26.2 Å². The summed E-state index contributed by atoms with van der Waals surface area (Å²) in [6.45, 7) is 3.27. The number of aryl methyl sites for hydroxylation is 2. The van der Waals surface area contributed by atoms with Gasteiger partial charge in [-0.05, 0) is 48.2 Å². The highest BCUT2D eigenvalue weighted by Crippen LogP contribution is 2.31. The first-order chi connectivity index (χ1) is 11.2. The van der Waals surface area contributed by atoms with Crippen LogP contribution in [0.4, 0.5) is 5.69 Å². The summed E-state index contributed by atoms with van der Waals surface area (Å²) in [5.41, 5.74) is 3.18. The lowest BCUT2D eigenvalue weighted by Gasteiger charge is -2.18. The van der Waals surface area contributed by atoms with Gasteiger partial charge in [0.05, 0.1) is 0 Å². The van der Waals surface area contributed by atoms with Crippen molar-refractivity contribution in [3.63, 3.8) is 0 Å². The van der Waals surface area contributed by atoms with Gasteiger partial charge >= 0.3 is 0 Å². The fourth-order valence-electron chi connectivity index (χ4n) is 2.55. The summed E-state index contributed by atoms with van der Waals surface area (Å²) in [5.74, 6) is 1.56. The van der Waals surface area contributed by atoms with E-state index in [1.807, 2.05) is 42.5 Å². The van der Waals surface area contributed by atoms with Crippen molar-refractivity contribution in [3.8, 4) is 11.5 Å². The van der Waals surface area contributed by atoms with Crippen molar-refractivity contribution in [3.05, 3.63) is 53.6 Å². The second-order valence-corrected chi connectivity index (χ2v) is 5.58. The molecule has 2 aromatic carbocycles. The Bertz CT molecular complexity index is 680. The van der Waals surface area contributed by atoms with Gasteiger partial charge in [0.2, 0.25) is 5.91 Å². The molecule has 0 saturated heterocycles. The number of carbonyl (C=O) groups excluding carboxylic acids is 1. The number of carbonyl (C=O) groups is 1. The Morgan fingerprint density at radius 3 is 2.43 bits per heavy atom. The van der Waals surface area contributed by atoms with Crippen molar-refractivity contribution in [2.75, 3.05) is 18.5 Å². The second kappa shape index (κ2) is 7.18. The minimum Gasteiger partial charge on any atom is -0.486 e. The molecule has 0 atom stereocenters. The molecule has 23 heavy (non-hydrogen) atoms. The molecule has 1 N–H and O–H groups in total. The molecule has 1 heterocycles. The van der Waals surface area contributed by atoms with Crippen LogP contribution in [0.25, 0.3) is 0 Å². The number of benzene rings is 2. The highest BCUT2D eigenvalue weighted by atomic mass is 16.6. The highest BCUT2D eigenvalue weighted by Gasteiger charge is 2.12. The first-order valence-electron chi connectivity index (χ1n) is 8.02. The van der Waals surface area contributed by atoms with E-state index in [1.165, 1.54) is 5.56 Å². The van der Waals surface area contributed by atoms with Crippen LogP contribution in [-0.4, -0.2) is 19.1 Å². The molecule has 1 amide bonds. The molecule has 0 bridgehead atoms. The predicted octanol–water partition coefficient (Wildman–Crippen LogP) is 3.59. The van der Waals surface area contributed by atoms with E-state index in [1.54, 1.807) is 0 Å². The number of hydrogen-bond donors (Lipinski definition) is 1. The van der Waals surface area contributed by atoms with Gasteiger partial charge in [0.25, 0.3) is 0 Å². The van der Waals surface area contributed by atoms with Crippen LogP contribution in [0.5, 0.6) is 11.5 Å². The summed E-state index contributed by atoms with van der Waals surface area (Å²) >= 11 is 0. The number of hydrogen-bond acceptors (Lipinski definition) is 3. The second-order valence-electron chi connectivity index (χ2n) is 5.58. The van der Waals surface area contributed by atoms with Crippen LogP contribution in [0.15, 0.2) is 42.5 Å². The highest BCUT2D eigenvalue weighted by molar-refractivity contribution is 5.90. The maximum Gasteiger partial charge on any atom is 0.224 e. The molecule has 0 fully saturated rings. The van der Waals surface area contributed by atoms with Crippen molar-refractivity contribution in [1.82, 2.24) is 0 Å². The third-order valence-electron chi connectivity index (χ3n) is 3.89. The van der Waals surface area contributed by atoms with E-state index >= 15 is 0 Å². The van der Waals surface area contributed by atoms with Gasteiger partial charge in [0.1, 0.15) is 13.2 Å². The Hall–Kier alpha value is -2.49. The molecule has 0 spiro atoms. The third kappa shape index (κ3) is 4.03. The quantitative estimate of drug-likeness (QED) is 0.918. The summed E-state index contributed by atoms with van der Waals surface area (Å²) in [4.78, 5) is 12.1. The van der Waals surface area contributed by atoms with Crippen molar-refractivity contribution >= 4 is 11.6 Å². The Morgan fingerprint density at radius 1 is 1.00 bits per heavy atom. The zero-order valence-electron chi connectivity index (χ0n) is 13.3. The fourth-order valence-corrected chi connectivity index (χ4v) is 2.55. The average molecular weight is 311 g/mol. The lowest BCUT2D eigenvalue weighted by atomic mass is 10.1. The summed E-state index contributed by atoms with van der Waals surface area (Å²) in [7, 11) is 0. The summed E-state index contributed by atoms with van der Waals surface area (Å²) in [5, 5.41) is 2.93. The zero-order valence-corrected chi connectivity index (χ0v) is 13.3. The summed E-state index contributed by atoms with van der Waals surface area (Å²) in [6, 6.07) is 13.8. The van der Waals surface area contributed by atoms with E-state index in [9.17, 15) is 4.79 Å². The zero-order chi connectivity index (χ0) is 16.1. The molecule has 2 aromatic rings. The molecule has 120 valence electrons. The van der Waals surface area contributed by atoms with E-state index in [4.69, 9.17) is 9.47 Å². The van der Waals surface area contributed by atoms with Gasteiger partial charge in [-0.25, -0.2) is 0 Å². The first kappa shape index (κ1) is 15.4. The van der Waals surface area contributed by atoms with Crippen molar-refractivity contribution in [2.24, 2.45) is 0 Å². The van der Waals surface area contributed by atoms with Gasteiger partial charge in [-0.15, -0.1) is 0 Å². The predicted molar refractivity (Wildman–Crippen MR) is 90.2 cm³/mol. The third-order valence-corrected chi connectivity index (χ3v) is 3.89. The molecule has 3 rings (SSSR count). The van der Waals surface area contributed by atoms with E-state index in [0.29, 0.717) is 26.1 Å². The van der Waals surface area contributed by atoms with Crippen LogP contribution in [0.1, 0.15) is 24.5 Å². The van der Waals surface area contributed by atoms with Gasteiger partial charge in [-0.2, -0.15) is 0 Å². The normalized spacial score (nSPS) is 12.7. The van der Waals surface area contributed by atoms with E-state index < -0.39 is 0 Å². The maximum absolute atomic E-state index is 12.1. The molecule has 4 heteroatoms. The van der Waals surface area contributed by atoms with E-state index in [2.05, 4.69) is 12.2 Å². The largest absolute Gasteiger partial charge is 0.486 e. The number of anilines is 1. The summed E-state index contributed by atoms with van der Waals surface area (Å²) in [6.07, 6.45) is 2.11. The van der Waals surface area contributed by atoms with Crippen LogP contribution >= 0.6 is 0 Å². The lowest BCUT2D eigenvalue weighted by molar-refractivity contribution is -0.116. The van der Waals surface area contributed by atoms with Crippen LogP contribution in [0.3, 0.4) is 0 Å². The monoisotopic (exact) mass is 311 g/mol. The first-order valence-corrected chi connectivity index (χ1v) is 8.02. The number of fused-ring (bicyclic) bond motifs is 1. The average Bonchev–Trinajstić information content (AvgIpc) is 2.60. The Labute approximate surface area is 136 Å². The minimum absolute atomic E-state index is 0.0177. The van der Waals surface area contributed by atoms with Crippen LogP contribution in [0.2, 0.25) is 0 Å². The molecule has 0 aliphatic carbocycles. The standard InChI is InChI=1S/C19H21NO3/c1-2-14-3-7-16(8-4-14)20-19(21)10-6-15-5-9-17-18(13-15)23-12-11-22-17/h3-5,7-9,13H,2,6,10-12H2,1H3,(H,20,21).